The number of likely N-dealkylation sites (N-methyl/N-ethyl adjacent to an activating group) is 1. The van der Waals surface area contributed by atoms with Crippen LogP contribution in [0.4, 0.5) is 0 Å². The highest BCUT2D eigenvalue weighted by atomic mass is 32.2. The van der Waals surface area contributed by atoms with E-state index in [1.54, 1.807) is 7.05 Å². The van der Waals surface area contributed by atoms with Gasteiger partial charge in [0, 0.05) is 32.7 Å². The molecule has 8 nitrogen and oxygen atoms in total. The van der Waals surface area contributed by atoms with E-state index < -0.39 is 15.8 Å². The van der Waals surface area contributed by atoms with Gasteiger partial charge in [-0.1, -0.05) is 37.3 Å². The van der Waals surface area contributed by atoms with Gasteiger partial charge in [-0.25, -0.2) is 13.2 Å². The van der Waals surface area contributed by atoms with Crippen molar-refractivity contribution < 1.29 is 17.6 Å². The Morgan fingerprint density at radius 1 is 1.12 bits per heavy atom. The molecule has 0 radical (unpaired) electrons. The van der Waals surface area contributed by atoms with Gasteiger partial charge in [-0.2, -0.15) is 4.31 Å². The molecule has 170 valence electrons. The van der Waals surface area contributed by atoms with Crippen molar-refractivity contribution in [1.82, 2.24) is 13.8 Å². The lowest BCUT2D eigenvalue weighted by Gasteiger charge is -2.29. The van der Waals surface area contributed by atoms with Gasteiger partial charge in [0.05, 0.1) is 10.4 Å². The Labute approximate surface area is 187 Å². The number of amides is 1. The molecule has 0 spiro atoms. The van der Waals surface area contributed by atoms with Gasteiger partial charge >= 0.3 is 5.76 Å². The monoisotopic (exact) mass is 457 g/mol. The van der Waals surface area contributed by atoms with Gasteiger partial charge in [-0.3, -0.25) is 9.36 Å². The van der Waals surface area contributed by atoms with E-state index >= 15 is 0 Å². The maximum absolute atomic E-state index is 13.0. The molecule has 4 rings (SSSR count). The molecular weight excluding hydrogens is 430 g/mol. The molecule has 1 fully saturated rings. The minimum Gasteiger partial charge on any atom is -0.408 e. The van der Waals surface area contributed by atoms with E-state index in [1.807, 2.05) is 30.3 Å². The fourth-order valence-corrected chi connectivity index (χ4v) is 5.42. The van der Waals surface area contributed by atoms with E-state index in [0.29, 0.717) is 31.1 Å². The van der Waals surface area contributed by atoms with Crippen molar-refractivity contribution in [2.45, 2.75) is 37.8 Å². The minimum atomic E-state index is -3.66. The molecule has 0 unspecified atom stereocenters. The van der Waals surface area contributed by atoms with Crippen molar-refractivity contribution in [3.05, 3.63) is 64.6 Å². The number of fused-ring (bicyclic) bond motifs is 1. The maximum atomic E-state index is 13.0. The predicted octanol–water partition coefficient (Wildman–Crippen LogP) is 2.67. The molecule has 1 aliphatic heterocycles. The fourth-order valence-electron chi connectivity index (χ4n) is 3.93. The van der Waals surface area contributed by atoms with Gasteiger partial charge in [0.1, 0.15) is 6.54 Å². The van der Waals surface area contributed by atoms with Crippen LogP contribution in [0.15, 0.2) is 62.6 Å². The summed E-state index contributed by atoms with van der Waals surface area (Å²) in [5, 5.41) is 0. The number of hydrogen-bond donors (Lipinski definition) is 0. The van der Waals surface area contributed by atoms with Gasteiger partial charge < -0.3 is 9.32 Å². The van der Waals surface area contributed by atoms with Crippen LogP contribution < -0.4 is 5.76 Å². The molecular formula is C23H27N3O5S. The normalized spacial score (nSPS) is 15.8. The van der Waals surface area contributed by atoms with Gasteiger partial charge in [0.25, 0.3) is 0 Å². The molecule has 0 bridgehead atoms. The van der Waals surface area contributed by atoms with Gasteiger partial charge in [-0.15, -0.1) is 0 Å². The van der Waals surface area contributed by atoms with Crippen LogP contribution in [0, 0.1) is 5.92 Å². The largest absolute Gasteiger partial charge is 0.420 e. The van der Waals surface area contributed by atoms with Crippen molar-refractivity contribution in [3.63, 3.8) is 0 Å². The highest BCUT2D eigenvalue weighted by Gasteiger charge is 2.29. The van der Waals surface area contributed by atoms with Crippen LogP contribution in [0.5, 0.6) is 0 Å². The number of piperidine rings is 1. The van der Waals surface area contributed by atoms with Gasteiger partial charge in [0.2, 0.25) is 15.9 Å². The zero-order chi connectivity index (χ0) is 22.9. The van der Waals surface area contributed by atoms with Crippen LogP contribution in [-0.2, 0) is 27.9 Å². The second kappa shape index (κ2) is 8.91. The number of oxazole rings is 1. The SMILES string of the molecule is CC1CCN(S(=O)(=O)c2ccc3c(c2)oc(=O)n3CC(=O)N(C)Cc2ccccc2)CC1. The summed E-state index contributed by atoms with van der Waals surface area (Å²) in [6.07, 6.45) is 1.65. The Bertz CT molecular complexity index is 1270. The third-order valence-electron chi connectivity index (χ3n) is 6.00. The van der Waals surface area contributed by atoms with Crippen LogP contribution in [0.25, 0.3) is 11.1 Å². The Kier molecular flexibility index (Phi) is 6.21. The minimum absolute atomic E-state index is 0.0907. The van der Waals surface area contributed by atoms with E-state index in [4.69, 9.17) is 4.42 Å². The summed E-state index contributed by atoms with van der Waals surface area (Å²) in [6.45, 7) is 3.31. The molecule has 1 aromatic heterocycles. The highest BCUT2D eigenvalue weighted by molar-refractivity contribution is 7.89. The van der Waals surface area contributed by atoms with Crippen molar-refractivity contribution >= 4 is 27.0 Å². The van der Waals surface area contributed by atoms with Gasteiger partial charge in [-0.05, 0) is 36.5 Å². The lowest BCUT2D eigenvalue weighted by molar-refractivity contribution is -0.131. The number of nitrogens with zero attached hydrogens (tertiary/aromatic N) is 3. The second-order valence-electron chi connectivity index (χ2n) is 8.41. The van der Waals surface area contributed by atoms with Crippen molar-refractivity contribution in [1.29, 1.82) is 0 Å². The first-order chi connectivity index (χ1) is 15.3. The van der Waals surface area contributed by atoms with Crippen LogP contribution in [0.2, 0.25) is 0 Å². The van der Waals surface area contributed by atoms with E-state index in [9.17, 15) is 18.0 Å². The topological polar surface area (TPSA) is 92.8 Å². The van der Waals surface area contributed by atoms with Crippen LogP contribution in [0.3, 0.4) is 0 Å². The Hall–Kier alpha value is -2.91. The number of aromatic nitrogens is 1. The summed E-state index contributed by atoms with van der Waals surface area (Å²) in [4.78, 5) is 26.7. The van der Waals surface area contributed by atoms with Gasteiger partial charge in [0.15, 0.2) is 5.58 Å². The second-order valence-corrected chi connectivity index (χ2v) is 10.3. The predicted molar refractivity (Wildman–Crippen MR) is 121 cm³/mol. The third-order valence-corrected chi connectivity index (χ3v) is 7.90. The molecule has 0 N–H and O–H groups in total. The summed E-state index contributed by atoms with van der Waals surface area (Å²) in [5.41, 5.74) is 1.53. The fraction of sp³-hybridized carbons (Fsp3) is 0.391. The standard InChI is InChI=1S/C23H27N3O5S/c1-17-10-12-25(13-11-17)32(29,30)19-8-9-20-21(14-19)31-23(28)26(20)16-22(27)24(2)15-18-6-4-3-5-7-18/h3-9,14,17H,10-13,15-16H2,1-2H3. The van der Waals surface area contributed by atoms with Crippen LogP contribution in [-0.4, -0.2) is 48.2 Å². The van der Waals surface area contributed by atoms with Crippen molar-refractivity contribution in [2.24, 2.45) is 5.92 Å². The first kappa shape index (κ1) is 22.3. The molecule has 1 aliphatic rings. The molecule has 1 saturated heterocycles. The highest BCUT2D eigenvalue weighted by Crippen LogP contribution is 2.26. The Balaban J connectivity index is 1.55. The smallest absolute Gasteiger partial charge is 0.408 e. The first-order valence-corrected chi connectivity index (χ1v) is 12.1. The molecule has 2 heterocycles. The Morgan fingerprint density at radius 3 is 2.50 bits per heavy atom. The number of rotatable bonds is 6. The number of hydrogen-bond acceptors (Lipinski definition) is 5. The summed E-state index contributed by atoms with van der Waals surface area (Å²) in [6, 6.07) is 13.9. The molecule has 32 heavy (non-hydrogen) atoms. The maximum Gasteiger partial charge on any atom is 0.420 e. The van der Waals surface area contributed by atoms with Crippen molar-refractivity contribution in [3.8, 4) is 0 Å². The first-order valence-electron chi connectivity index (χ1n) is 10.7. The summed E-state index contributed by atoms with van der Waals surface area (Å²) < 4.78 is 34.0. The van der Waals surface area contributed by atoms with Crippen molar-refractivity contribution in [2.75, 3.05) is 20.1 Å². The van der Waals surface area contributed by atoms with E-state index in [2.05, 4.69) is 6.92 Å². The number of carbonyl (C=O) groups is 1. The lowest BCUT2D eigenvalue weighted by Crippen LogP contribution is -2.37. The van der Waals surface area contributed by atoms with Crippen LogP contribution >= 0.6 is 0 Å². The Morgan fingerprint density at radius 2 is 1.81 bits per heavy atom. The molecule has 0 atom stereocenters. The van der Waals surface area contributed by atoms with E-state index in [1.165, 1.54) is 32.0 Å². The zero-order valence-electron chi connectivity index (χ0n) is 18.2. The molecule has 9 heteroatoms. The zero-order valence-corrected chi connectivity index (χ0v) is 19.0. The van der Waals surface area contributed by atoms with E-state index in [0.717, 1.165) is 18.4 Å². The summed E-state index contributed by atoms with van der Waals surface area (Å²) in [5.74, 6) is -0.436. The van der Waals surface area contributed by atoms with E-state index in [-0.39, 0.29) is 22.9 Å². The molecule has 2 aromatic carbocycles. The average molecular weight is 458 g/mol. The number of benzene rings is 2. The average Bonchev–Trinajstić information content (AvgIpc) is 3.09. The molecule has 3 aromatic rings. The number of sulfonamides is 1. The van der Waals surface area contributed by atoms with Crippen LogP contribution in [0.1, 0.15) is 25.3 Å². The lowest BCUT2D eigenvalue weighted by atomic mass is 10.0. The summed E-state index contributed by atoms with van der Waals surface area (Å²) >= 11 is 0. The third kappa shape index (κ3) is 4.49. The summed E-state index contributed by atoms with van der Waals surface area (Å²) in [7, 11) is -1.99. The number of carbonyl (C=O) groups excluding carboxylic acids is 1. The molecule has 0 saturated carbocycles. The quantitative estimate of drug-likeness (QED) is 0.567. The molecule has 0 aliphatic carbocycles. The molecule has 1 amide bonds.